The van der Waals surface area contributed by atoms with E-state index in [2.05, 4.69) is 4.74 Å². The van der Waals surface area contributed by atoms with Gasteiger partial charge in [-0.25, -0.2) is 4.79 Å². The monoisotopic (exact) mass is 392 g/mol. The van der Waals surface area contributed by atoms with Gasteiger partial charge in [-0.1, -0.05) is 0 Å². The number of rotatable bonds is 9. The van der Waals surface area contributed by atoms with Crippen molar-refractivity contribution in [3.8, 4) is 17.2 Å². The number of ether oxygens (including phenoxy) is 5. The van der Waals surface area contributed by atoms with Gasteiger partial charge in [-0.15, -0.1) is 0 Å². The van der Waals surface area contributed by atoms with Gasteiger partial charge in [0.05, 0.1) is 28.4 Å². The molecule has 152 valence electrons. The Balaban J connectivity index is 1.95. The summed E-state index contributed by atoms with van der Waals surface area (Å²) in [5, 5.41) is 0. The molecule has 0 amide bonds. The maximum atomic E-state index is 12.1. The molecule has 0 aliphatic rings. The lowest BCUT2D eigenvalue weighted by Crippen LogP contribution is -2.06. The number of benzene rings is 1. The standard InChI is InChI=1S/C20H24O8/c1-12-8-14(28-18(12)20(22)26-5)11-27-17(21)7-6-13-9-15(23-2)19(25-4)16(10-13)24-3/h8-10H,6-7,11H2,1-5H3. The van der Waals surface area contributed by atoms with E-state index in [1.54, 1.807) is 25.1 Å². The Morgan fingerprint density at radius 1 is 0.964 bits per heavy atom. The number of furan rings is 1. The van der Waals surface area contributed by atoms with Crippen molar-refractivity contribution in [1.82, 2.24) is 0 Å². The summed E-state index contributed by atoms with van der Waals surface area (Å²) in [6, 6.07) is 5.21. The van der Waals surface area contributed by atoms with E-state index in [1.165, 1.54) is 28.4 Å². The van der Waals surface area contributed by atoms with E-state index in [1.807, 2.05) is 0 Å². The highest BCUT2D eigenvalue weighted by Crippen LogP contribution is 2.38. The van der Waals surface area contributed by atoms with Gasteiger partial charge in [-0.05, 0) is 37.1 Å². The fraction of sp³-hybridized carbons (Fsp3) is 0.400. The van der Waals surface area contributed by atoms with E-state index in [4.69, 9.17) is 23.4 Å². The highest BCUT2D eigenvalue weighted by atomic mass is 16.6. The van der Waals surface area contributed by atoms with E-state index >= 15 is 0 Å². The summed E-state index contributed by atoms with van der Waals surface area (Å²) in [7, 11) is 5.86. The molecule has 0 saturated heterocycles. The third-order valence-electron chi connectivity index (χ3n) is 4.06. The molecule has 0 fully saturated rings. The van der Waals surface area contributed by atoms with Gasteiger partial charge in [0.15, 0.2) is 11.5 Å². The van der Waals surface area contributed by atoms with Crippen molar-refractivity contribution in [1.29, 1.82) is 0 Å². The molecule has 0 unspecified atom stereocenters. The van der Waals surface area contributed by atoms with E-state index in [9.17, 15) is 9.59 Å². The van der Waals surface area contributed by atoms with Crippen LogP contribution in [0.1, 0.15) is 33.9 Å². The van der Waals surface area contributed by atoms with E-state index in [0.29, 0.717) is 35.0 Å². The van der Waals surface area contributed by atoms with Crippen molar-refractivity contribution in [3.63, 3.8) is 0 Å². The molecule has 8 nitrogen and oxygen atoms in total. The van der Waals surface area contributed by atoms with Crippen molar-refractivity contribution >= 4 is 11.9 Å². The van der Waals surface area contributed by atoms with E-state index < -0.39 is 11.9 Å². The summed E-state index contributed by atoms with van der Waals surface area (Å²) in [4.78, 5) is 23.6. The zero-order valence-electron chi connectivity index (χ0n) is 16.6. The molecule has 0 bridgehead atoms. The van der Waals surface area contributed by atoms with Gasteiger partial charge in [0.1, 0.15) is 12.4 Å². The maximum Gasteiger partial charge on any atom is 0.374 e. The second kappa shape index (κ2) is 9.68. The number of methoxy groups -OCH3 is 4. The number of hydrogen-bond acceptors (Lipinski definition) is 8. The summed E-state index contributed by atoms with van der Waals surface area (Å²) < 4.78 is 31.1. The Bertz CT molecular complexity index is 812. The summed E-state index contributed by atoms with van der Waals surface area (Å²) in [5.74, 6) is 1.04. The van der Waals surface area contributed by atoms with Gasteiger partial charge in [0, 0.05) is 12.0 Å². The first-order valence-corrected chi connectivity index (χ1v) is 8.55. The fourth-order valence-corrected chi connectivity index (χ4v) is 2.66. The third-order valence-corrected chi connectivity index (χ3v) is 4.06. The molecule has 0 aliphatic carbocycles. The maximum absolute atomic E-state index is 12.1. The van der Waals surface area contributed by atoms with Crippen molar-refractivity contribution in [3.05, 3.63) is 40.8 Å². The minimum Gasteiger partial charge on any atom is -0.493 e. The minimum atomic E-state index is -0.572. The van der Waals surface area contributed by atoms with Crippen molar-refractivity contribution in [2.24, 2.45) is 0 Å². The molecule has 0 radical (unpaired) electrons. The van der Waals surface area contributed by atoms with Gasteiger partial charge in [0.2, 0.25) is 11.5 Å². The van der Waals surface area contributed by atoms with Gasteiger partial charge >= 0.3 is 11.9 Å². The van der Waals surface area contributed by atoms with Crippen LogP contribution in [0.5, 0.6) is 17.2 Å². The Morgan fingerprint density at radius 3 is 2.14 bits per heavy atom. The van der Waals surface area contributed by atoms with E-state index in [0.717, 1.165) is 5.56 Å². The summed E-state index contributed by atoms with van der Waals surface area (Å²) in [5.41, 5.74) is 1.46. The molecule has 0 aliphatic heterocycles. The van der Waals surface area contributed by atoms with Crippen LogP contribution in [0.2, 0.25) is 0 Å². The van der Waals surface area contributed by atoms with Crippen LogP contribution in [-0.2, 0) is 27.3 Å². The number of hydrogen-bond donors (Lipinski definition) is 0. The highest BCUT2D eigenvalue weighted by molar-refractivity contribution is 5.87. The number of carbonyl (C=O) groups is 2. The van der Waals surface area contributed by atoms with Gasteiger partial charge in [0.25, 0.3) is 0 Å². The molecule has 0 atom stereocenters. The first kappa shape index (κ1) is 21.1. The normalized spacial score (nSPS) is 10.3. The van der Waals surface area contributed by atoms with Crippen LogP contribution in [0.25, 0.3) is 0 Å². The van der Waals surface area contributed by atoms with Crippen molar-refractivity contribution < 1.29 is 37.7 Å². The smallest absolute Gasteiger partial charge is 0.374 e. The topological polar surface area (TPSA) is 93.4 Å². The van der Waals surface area contributed by atoms with Crippen LogP contribution in [0.4, 0.5) is 0 Å². The van der Waals surface area contributed by atoms with Gasteiger partial charge in [-0.3, -0.25) is 4.79 Å². The van der Waals surface area contributed by atoms with Gasteiger partial charge < -0.3 is 28.1 Å². The quantitative estimate of drug-likeness (QED) is 0.601. The number of esters is 2. The minimum absolute atomic E-state index is 0.0636. The second-order valence-corrected chi connectivity index (χ2v) is 5.91. The first-order chi connectivity index (χ1) is 13.4. The largest absolute Gasteiger partial charge is 0.493 e. The van der Waals surface area contributed by atoms with Crippen LogP contribution < -0.4 is 14.2 Å². The van der Waals surface area contributed by atoms with Gasteiger partial charge in [-0.2, -0.15) is 0 Å². The molecule has 2 aromatic rings. The summed E-state index contributed by atoms with van der Waals surface area (Å²) in [6.07, 6.45) is 0.586. The SMILES string of the molecule is COC(=O)c1oc(COC(=O)CCc2cc(OC)c(OC)c(OC)c2)cc1C. The van der Waals surface area contributed by atoms with Crippen LogP contribution in [0.3, 0.4) is 0 Å². The van der Waals surface area contributed by atoms with Crippen LogP contribution in [0, 0.1) is 6.92 Å². The molecule has 8 heteroatoms. The average molecular weight is 392 g/mol. The molecule has 0 saturated carbocycles. The summed E-state index contributed by atoms with van der Waals surface area (Å²) in [6.45, 7) is 1.65. The first-order valence-electron chi connectivity index (χ1n) is 8.55. The Hall–Kier alpha value is -3.16. The molecular weight excluding hydrogens is 368 g/mol. The van der Waals surface area contributed by atoms with Crippen molar-refractivity contribution in [2.45, 2.75) is 26.4 Å². The predicted molar refractivity (Wildman–Crippen MR) is 99.0 cm³/mol. The average Bonchev–Trinajstić information content (AvgIpc) is 3.09. The number of aryl methyl sites for hydroxylation is 2. The lowest BCUT2D eigenvalue weighted by Gasteiger charge is -2.14. The van der Waals surface area contributed by atoms with Crippen LogP contribution in [-0.4, -0.2) is 40.4 Å². The Kier molecular flexibility index (Phi) is 7.31. The lowest BCUT2D eigenvalue weighted by molar-refractivity contribution is -0.145. The van der Waals surface area contributed by atoms with Crippen molar-refractivity contribution in [2.75, 3.05) is 28.4 Å². The Labute approximate surface area is 163 Å². The summed E-state index contributed by atoms with van der Waals surface area (Å²) >= 11 is 0. The zero-order chi connectivity index (χ0) is 20.7. The molecule has 0 spiro atoms. The second-order valence-electron chi connectivity index (χ2n) is 5.91. The zero-order valence-corrected chi connectivity index (χ0v) is 16.6. The molecule has 1 aromatic heterocycles. The molecule has 0 N–H and O–H groups in total. The number of carbonyl (C=O) groups excluding carboxylic acids is 2. The molecule has 2 rings (SSSR count). The van der Waals surface area contributed by atoms with Crippen LogP contribution >= 0.6 is 0 Å². The Morgan fingerprint density at radius 2 is 1.61 bits per heavy atom. The molecular formula is C20H24O8. The molecule has 1 heterocycles. The predicted octanol–water partition coefficient (Wildman–Crippen LogP) is 3.08. The van der Waals surface area contributed by atoms with E-state index in [-0.39, 0.29) is 18.8 Å². The molecule has 28 heavy (non-hydrogen) atoms. The third kappa shape index (κ3) is 4.97. The molecule has 1 aromatic carbocycles. The highest BCUT2D eigenvalue weighted by Gasteiger charge is 2.17. The van der Waals surface area contributed by atoms with Crippen LogP contribution in [0.15, 0.2) is 22.6 Å². The lowest BCUT2D eigenvalue weighted by atomic mass is 10.1. The fourth-order valence-electron chi connectivity index (χ4n) is 2.66.